The van der Waals surface area contributed by atoms with Gasteiger partial charge in [0.2, 0.25) is 17.7 Å². The lowest BCUT2D eigenvalue weighted by Crippen LogP contribution is -2.58. The molecule has 2 fully saturated rings. The van der Waals surface area contributed by atoms with Crippen molar-refractivity contribution in [1.29, 1.82) is 0 Å². The van der Waals surface area contributed by atoms with Crippen LogP contribution in [0.3, 0.4) is 0 Å². The molecule has 2 saturated heterocycles. The van der Waals surface area contributed by atoms with Gasteiger partial charge in [-0.3, -0.25) is 24.6 Å². The quantitative estimate of drug-likeness (QED) is 0.526. The van der Waals surface area contributed by atoms with Crippen molar-refractivity contribution in [3.8, 4) is 0 Å². The third-order valence-corrected chi connectivity index (χ3v) is 3.63. The van der Waals surface area contributed by atoms with Gasteiger partial charge in [-0.25, -0.2) is 0 Å². The average Bonchev–Trinajstić information content (AvgIpc) is 2.42. The van der Waals surface area contributed by atoms with E-state index in [1.165, 1.54) is 0 Å². The number of amides is 3. The first-order valence-electron chi connectivity index (χ1n) is 6.67. The molecule has 3 N–H and O–H groups in total. The SMILES string of the molecule is CC(C(=O)NC1CCC(=O)NC1=O)N1CCNCC1. The number of hydrogen-bond donors (Lipinski definition) is 3. The lowest BCUT2D eigenvalue weighted by Gasteiger charge is -2.33. The van der Waals surface area contributed by atoms with Gasteiger partial charge in [-0.15, -0.1) is 0 Å². The Morgan fingerprint density at radius 3 is 2.68 bits per heavy atom. The van der Waals surface area contributed by atoms with Crippen LogP contribution in [0.1, 0.15) is 19.8 Å². The summed E-state index contributed by atoms with van der Waals surface area (Å²) in [7, 11) is 0. The van der Waals surface area contributed by atoms with E-state index in [0.29, 0.717) is 6.42 Å². The van der Waals surface area contributed by atoms with Gasteiger partial charge in [0.05, 0.1) is 6.04 Å². The summed E-state index contributed by atoms with van der Waals surface area (Å²) in [5.41, 5.74) is 0. The predicted octanol–water partition coefficient (Wildman–Crippen LogP) is -1.80. The van der Waals surface area contributed by atoms with Crippen molar-refractivity contribution in [2.24, 2.45) is 0 Å². The Balaban J connectivity index is 1.85. The fraction of sp³-hybridized carbons (Fsp3) is 0.750. The maximum absolute atomic E-state index is 12.1. The van der Waals surface area contributed by atoms with Crippen LogP contribution in [0, 0.1) is 0 Å². The molecule has 0 bridgehead atoms. The van der Waals surface area contributed by atoms with Gasteiger partial charge in [-0.1, -0.05) is 0 Å². The summed E-state index contributed by atoms with van der Waals surface area (Å²) in [5, 5.41) is 8.18. The Hall–Kier alpha value is -1.47. The van der Waals surface area contributed by atoms with E-state index >= 15 is 0 Å². The van der Waals surface area contributed by atoms with Crippen LogP contribution in [0.25, 0.3) is 0 Å². The van der Waals surface area contributed by atoms with Gasteiger partial charge in [-0.05, 0) is 13.3 Å². The Bertz CT molecular complexity index is 379. The van der Waals surface area contributed by atoms with Crippen LogP contribution in [-0.2, 0) is 14.4 Å². The number of piperazine rings is 1. The summed E-state index contributed by atoms with van der Waals surface area (Å²) in [6, 6.07) is -0.844. The minimum Gasteiger partial charge on any atom is -0.343 e. The Morgan fingerprint density at radius 1 is 1.37 bits per heavy atom. The van der Waals surface area contributed by atoms with Crippen LogP contribution < -0.4 is 16.0 Å². The second-order valence-electron chi connectivity index (χ2n) is 4.97. The van der Waals surface area contributed by atoms with E-state index in [4.69, 9.17) is 0 Å². The molecule has 106 valence electrons. The average molecular weight is 268 g/mol. The maximum atomic E-state index is 12.1. The number of carbonyl (C=O) groups excluding carboxylic acids is 3. The number of carbonyl (C=O) groups is 3. The monoisotopic (exact) mass is 268 g/mol. The van der Waals surface area contributed by atoms with Gasteiger partial charge in [0.15, 0.2) is 0 Å². The number of piperidine rings is 1. The van der Waals surface area contributed by atoms with Gasteiger partial charge in [0, 0.05) is 32.6 Å². The highest BCUT2D eigenvalue weighted by molar-refractivity contribution is 6.01. The van der Waals surface area contributed by atoms with Crippen LogP contribution in [-0.4, -0.2) is 60.9 Å². The van der Waals surface area contributed by atoms with Crippen LogP contribution in [0.2, 0.25) is 0 Å². The van der Waals surface area contributed by atoms with Crippen molar-refractivity contribution in [1.82, 2.24) is 20.9 Å². The van der Waals surface area contributed by atoms with Crippen molar-refractivity contribution in [3.63, 3.8) is 0 Å². The first-order valence-corrected chi connectivity index (χ1v) is 6.67. The zero-order chi connectivity index (χ0) is 13.8. The van der Waals surface area contributed by atoms with E-state index in [9.17, 15) is 14.4 Å². The normalized spacial score (nSPS) is 26.7. The highest BCUT2D eigenvalue weighted by Crippen LogP contribution is 2.06. The van der Waals surface area contributed by atoms with Crippen LogP contribution in [0.15, 0.2) is 0 Å². The first-order chi connectivity index (χ1) is 9.08. The number of nitrogens with one attached hydrogen (secondary N) is 3. The standard InChI is InChI=1S/C12H20N4O3/c1-8(16-6-4-13-5-7-16)11(18)14-9-2-3-10(17)15-12(9)19/h8-9,13H,2-7H2,1H3,(H,14,18)(H,15,17,19). The molecule has 7 heteroatoms. The molecule has 0 aliphatic carbocycles. The zero-order valence-electron chi connectivity index (χ0n) is 11.1. The molecule has 0 aromatic rings. The Labute approximate surface area is 112 Å². The van der Waals surface area contributed by atoms with Crippen molar-refractivity contribution in [3.05, 3.63) is 0 Å². The molecule has 7 nitrogen and oxygen atoms in total. The molecule has 2 heterocycles. The molecule has 2 aliphatic rings. The first kappa shape index (κ1) is 14.0. The topological polar surface area (TPSA) is 90.5 Å². The minimum atomic E-state index is -0.587. The molecule has 2 atom stereocenters. The number of nitrogens with zero attached hydrogens (tertiary/aromatic N) is 1. The van der Waals surface area contributed by atoms with Crippen LogP contribution in [0.4, 0.5) is 0 Å². The molecule has 0 aromatic carbocycles. The van der Waals surface area contributed by atoms with Gasteiger partial charge >= 0.3 is 0 Å². The van der Waals surface area contributed by atoms with Crippen molar-refractivity contribution in [2.75, 3.05) is 26.2 Å². The van der Waals surface area contributed by atoms with E-state index < -0.39 is 11.9 Å². The second kappa shape index (κ2) is 6.12. The van der Waals surface area contributed by atoms with Gasteiger partial charge in [-0.2, -0.15) is 0 Å². The molecular formula is C12H20N4O3. The van der Waals surface area contributed by atoms with Crippen molar-refractivity contribution >= 4 is 17.7 Å². The van der Waals surface area contributed by atoms with Gasteiger partial charge in [0.1, 0.15) is 6.04 Å². The summed E-state index contributed by atoms with van der Waals surface area (Å²) in [6.07, 6.45) is 0.656. The Morgan fingerprint density at radius 2 is 2.05 bits per heavy atom. The van der Waals surface area contributed by atoms with Gasteiger partial charge in [0.25, 0.3) is 0 Å². The van der Waals surface area contributed by atoms with Crippen molar-refractivity contribution in [2.45, 2.75) is 31.8 Å². The molecule has 3 amide bonds. The smallest absolute Gasteiger partial charge is 0.249 e. The van der Waals surface area contributed by atoms with E-state index in [1.54, 1.807) is 0 Å². The predicted molar refractivity (Wildman–Crippen MR) is 68.2 cm³/mol. The molecule has 0 radical (unpaired) electrons. The van der Waals surface area contributed by atoms with Crippen molar-refractivity contribution < 1.29 is 14.4 Å². The lowest BCUT2D eigenvalue weighted by atomic mass is 10.1. The third kappa shape index (κ3) is 3.51. The largest absolute Gasteiger partial charge is 0.343 e. The van der Waals surface area contributed by atoms with Crippen LogP contribution >= 0.6 is 0 Å². The summed E-state index contributed by atoms with van der Waals surface area (Å²) < 4.78 is 0. The summed E-state index contributed by atoms with van der Waals surface area (Å²) in [5.74, 6) is -0.834. The molecule has 0 saturated carbocycles. The molecule has 2 unspecified atom stereocenters. The van der Waals surface area contributed by atoms with E-state index in [-0.39, 0.29) is 24.3 Å². The zero-order valence-corrected chi connectivity index (χ0v) is 11.1. The van der Waals surface area contributed by atoms with Crippen LogP contribution in [0.5, 0.6) is 0 Å². The molecular weight excluding hydrogens is 248 g/mol. The second-order valence-corrected chi connectivity index (χ2v) is 4.97. The van der Waals surface area contributed by atoms with Gasteiger partial charge < -0.3 is 10.6 Å². The molecule has 0 aromatic heterocycles. The molecule has 0 spiro atoms. The maximum Gasteiger partial charge on any atom is 0.249 e. The van der Waals surface area contributed by atoms with E-state index in [0.717, 1.165) is 26.2 Å². The summed E-state index contributed by atoms with van der Waals surface area (Å²) >= 11 is 0. The van der Waals surface area contributed by atoms with E-state index in [1.807, 2.05) is 6.92 Å². The third-order valence-electron chi connectivity index (χ3n) is 3.63. The highest BCUT2D eigenvalue weighted by atomic mass is 16.2. The summed E-state index contributed by atoms with van der Waals surface area (Å²) in [4.78, 5) is 36.8. The Kier molecular flexibility index (Phi) is 4.49. The number of rotatable bonds is 3. The number of hydrogen-bond acceptors (Lipinski definition) is 5. The van der Waals surface area contributed by atoms with E-state index in [2.05, 4.69) is 20.9 Å². The fourth-order valence-corrected chi connectivity index (χ4v) is 2.36. The molecule has 2 aliphatic heterocycles. The highest BCUT2D eigenvalue weighted by Gasteiger charge is 2.30. The molecule has 19 heavy (non-hydrogen) atoms. The lowest BCUT2D eigenvalue weighted by molar-refractivity contribution is -0.138. The summed E-state index contributed by atoms with van der Waals surface area (Å²) in [6.45, 7) is 5.23. The fourth-order valence-electron chi connectivity index (χ4n) is 2.36. The molecule has 2 rings (SSSR count). The number of imide groups is 1. The minimum absolute atomic E-state index is 0.156.